The number of halogens is 2. The first-order valence-electron chi connectivity index (χ1n) is 4.75. The van der Waals surface area contributed by atoms with Crippen LogP contribution in [0.4, 0.5) is 0 Å². The Morgan fingerprint density at radius 3 is 1.00 bits per heavy atom. The van der Waals surface area contributed by atoms with E-state index in [2.05, 4.69) is 66.3 Å². The average Bonchev–Trinajstić information content (AvgIpc) is 2.43. The van der Waals surface area contributed by atoms with Crippen molar-refractivity contribution in [2.75, 3.05) is 0 Å². The van der Waals surface area contributed by atoms with Crippen LogP contribution in [0.2, 0.25) is 0 Å². The molecule has 0 fully saturated rings. The van der Waals surface area contributed by atoms with Gasteiger partial charge in [0.25, 0.3) is 0 Å². The predicted octanol–water partition coefficient (Wildman–Crippen LogP) is 3.16. The smallest absolute Gasteiger partial charge is 0.753 e. The molecule has 0 atom stereocenters. The van der Waals surface area contributed by atoms with Gasteiger partial charge in [-0.3, -0.25) is 9.97 Å². The van der Waals surface area contributed by atoms with Crippen LogP contribution in [0.1, 0.15) is 0 Å². The number of aromatic nitrogens is 2. The van der Waals surface area contributed by atoms with Crippen LogP contribution >= 0.6 is 56.3 Å². The van der Waals surface area contributed by atoms with Gasteiger partial charge in [0.2, 0.25) is 0 Å². The Hall–Kier alpha value is -0.714. The molecule has 0 unspecified atom stereocenters. The molecule has 0 saturated carbocycles. The monoisotopic (exact) mass is 527 g/mol. The van der Waals surface area contributed by atoms with Crippen LogP contribution in [0.3, 0.4) is 0 Å². The van der Waals surface area contributed by atoms with Crippen molar-refractivity contribution in [3.8, 4) is 0 Å². The number of pyridine rings is 2. The van der Waals surface area contributed by atoms with Gasteiger partial charge in [0.1, 0.15) is 0 Å². The van der Waals surface area contributed by atoms with Crippen molar-refractivity contribution in [2.24, 2.45) is 0 Å². The van der Waals surface area contributed by atoms with Gasteiger partial charge < -0.3 is 21.8 Å². The summed E-state index contributed by atoms with van der Waals surface area (Å²) in [6, 6.07) is 7.56. The number of thiocarbonyl (C=S) groups is 2. The zero-order valence-corrected chi connectivity index (χ0v) is 17.3. The minimum Gasteiger partial charge on any atom is -0.753 e. The van der Waals surface area contributed by atoms with Crippen molar-refractivity contribution in [1.82, 2.24) is 9.97 Å². The number of hydrogen-bond donors (Lipinski definition) is 0. The van der Waals surface area contributed by atoms with Crippen molar-refractivity contribution in [2.45, 2.75) is 0 Å². The summed E-state index contributed by atoms with van der Waals surface area (Å²) in [4.78, 5) is 7.63. The van der Waals surface area contributed by atoms with E-state index in [0.717, 1.165) is 8.95 Å². The second kappa shape index (κ2) is 29.3. The summed E-state index contributed by atoms with van der Waals surface area (Å²) in [6.45, 7) is 0. The predicted molar refractivity (Wildman–Crippen MR) is 106 cm³/mol. The number of isothiocyanates is 2. The van der Waals surface area contributed by atoms with Crippen LogP contribution < -0.4 is 0 Å². The van der Waals surface area contributed by atoms with Crippen molar-refractivity contribution >= 4 is 66.6 Å². The molecule has 0 aliphatic rings. The third-order valence-corrected chi connectivity index (χ3v) is 2.34. The normalized spacial score (nSPS) is 6.00. The number of nitrogens with zero attached hydrogens (tertiary/aromatic N) is 4. The molecule has 2 heterocycles. The Kier molecular flexibility index (Phi) is 43.1. The molecule has 0 amide bonds. The molecule has 0 bridgehead atoms. The zero-order valence-electron chi connectivity index (χ0n) is 11.5. The maximum atomic E-state index is 7.13. The van der Waals surface area contributed by atoms with Crippen LogP contribution in [0.25, 0.3) is 10.8 Å². The Labute approximate surface area is 172 Å². The molecule has 2 aromatic heterocycles. The Morgan fingerprint density at radius 1 is 0.739 bits per heavy atom. The van der Waals surface area contributed by atoms with Gasteiger partial charge >= 0.3 is 16.8 Å². The van der Waals surface area contributed by atoms with E-state index in [1.165, 1.54) is 10.3 Å². The van der Waals surface area contributed by atoms with Crippen molar-refractivity contribution in [3.63, 3.8) is 0 Å². The molecular weight excluding hydrogens is 515 g/mol. The van der Waals surface area contributed by atoms with Gasteiger partial charge in [0, 0.05) is 33.7 Å². The van der Waals surface area contributed by atoms with Crippen LogP contribution in [0, 0.1) is 0 Å². The summed E-state index contributed by atoms with van der Waals surface area (Å²) in [7, 11) is 0. The van der Waals surface area contributed by atoms with Gasteiger partial charge in [-0.15, -0.1) is 0 Å². The molecule has 0 aliphatic heterocycles. The van der Waals surface area contributed by atoms with Crippen LogP contribution in [0.5, 0.6) is 0 Å². The summed E-state index contributed by atoms with van der Waals surface area (Å²) in [5.74, 6) is 0. The summed E-state index contributed by atoms with van der Waals surface area (Å²) in [5, 5.41) is 16.9. The Morgan fingerprint density at radius 2 is 0.913 bits per heavy atom. The molecule has 2 aromatic rings. The first-order chi connectivity index (χ1) is 9.62. The minimum atomic E-state index is 0. The summed E-state index contributed by atoms with van der Waals surface area (Å²) >= 11 is 13.9. The molecule has 2 rings (SSSR count). The molecule has 0 spiro atoms. The quantitative estimate of drug-likeness (QED) is 0.294. The van der Waals surface area contributed by atoms with Gasteiger partial charge in [-0.2, -0.15) is 10.3 Å². The fourth-order valence-corrected chi connectivity index (χ4v) is 1.14. The third kappa shape index (κ3) is 33.9. The third-order valence-electron chi connectivity index (χ3n) is 1.28. The molecule has 0 saturated heterocycles. The second-order valence-corrected chi connectivity index (χ2v) is 4.71. The summed E-state index contributed by atoms with van der Waals surface area (Å²) in [6.07, 6.45) is 6.96. The van der Waals surface area contributed by atoms with E-state index in [-0.39, 0.29) is 27.7 Å². The molecule has 127 valence electrons. The number of hydrogen-bond acceptors (Lipinski definition) is 4. The largest absolute Gasteiger partial charge is 2.00 e. The van der Waals surface area contributed by atoms with Crippen LogP contribution in [-0.2, 0) is 27.7 Å². The molecular formula is C12H14Br2CoN4O2S2+2. The molecule has 11 heteroatoms. The van der Waals surface area contributed by atoms with E-state index in [1.54, 1.807) is 24.8 Å². The second-order valence-electron chi connectivity index (χ2n) is 2.51. The van der Waals surface area contributed by atoms with Gasteiger partial charge in [-0.25, -0.2) is 0 Å². The van der Waals surface area contributed by atoms with Crippen LogP contribution in [0.15, 0.2) is 58.0 Å². The topological polar surface area (TPSA) is 136 Å². The fraction of sp³-hybridized carbons (Fsp3) is 0. The van der Waals surface area contributed by atoms with E-state index in [0.29, 0.717) is 0 Å². The van der Waals surface area contributed by atoms with Crippen LogP contribution in [-0.4, -0.2) is 20.3 Å². The van der Waals surface area contributed by atoms with E-state index in [9.17, 15) is 0 Å². The average molecular weight is 529 g/mol. The SMILES string of the molecule is Brc1ccncc1.Brc1ccncc1.[Co+2].[N-]=C=S.[N-]=C=S.[OH3+].[OH3+]. The maximum absolute atomic E-state index is 7.13. The van der Waals surface area contributed by atoms with Crippen molar-refractivity contribution < 1.29 is 27.7 Å². The Bertz CT molecular complexity index is 478. The molecule has 6 nitrogen and oxygen atoms in total. The molecule has 6 N–H and O–H groups in total. The Balaban J connectivity index is -0.0000000645. The van der Waals surface area contributed by atoms with Crippen molar-refractivity contribution in [3.05, 3.63) is 68.8 Å². The zero-order chi connectivity index (χ0) is 15.6. The van der Waals surface area contributed by atoms with E-state index >= 15 is 0 Å². The fourth-order valence-electron chi connectivity index (χ4n) is 0.667. The molecule has 0 aromatic carbocycles. The van der Waals surface area contributed by atoms with Gasteiger partial charge in [0.15, 0.2) is 0 Å². The summed E-state index contributed by atoms with van der Waals surface area (Å²) in [5.41, 5.74) is 0. The standard InChI is InChI=1S/2C5H4BrN.2CNS.Co.2H2O/c2*6-5-1-3-7-4-2-5;2*2-1-3;;;/h2*1-4H;;;;2*1H2/q;;2*-1;+2;;/p+2. The van der Waals surface area contributed by atoms with E-state index in [4.69, 9.17) is 10.8 Å². The number of rotatable bonds is 0. The summed E-state index contributed by atoms with van der Waals surface area (Å²) < 4.78 is 2.14. The maximum Gasteiger partial charge on any atom is 2.00 e. The van der Waals surface area contributed by atoms with E-state index < -0.39 is 0 Å². The van der Waals surface area contributed by atoms with Gasteiger partial charge in [-0.05, 0) is 24.3 Å². The van der Waals surface area contributed by atoms with Crippen molar-refractivity contribution in [1.29, 1.82) is 0 Å². The van der Waals surface area contributed by atoms with Gasteiger partial charge in [0.05, 0.1) is 0 Å². The molecule has 1 radical (unpaired) electrons. The van der Waals surface area contributed by atoms with E-state index in [1.807, 2.05) is 24.3 Å². The van der Waals surface area contributed by atoms with Gasteiger partial charge in [-0.1, -0.05) is 56.3 Å². The first-order valence-corrected chi connectivity index (χ1v) is 7.16. The minimum absolute atomic E-state index is 0. The first kappa shape index (κ1) is 33.8. The molecule has 23 heavy (non-hydrogen) atoms. The molecule has 0 aliphatic carbocycles.